The van der Waals surface area contributed by atoms with Crippen molar-refractivity contribution < 1.29 is 4.74 Å². The molecule has 0 fully saturated rings. The van der Waals surface area contributed by atoms with E-state index in [9.17, 15) is 0 Å². The lowest BCUT2D eigenvalue weighted by Gasteiger charge is -2.16. The molecule has 3 rings (SSSR count). The molecule has 0 aliphatic carbocycles. The number of aryl methyl sites for hydroxylation is 1. The van der Waals surface area contributed by atoms with Crippen LogP contribution in [0.5, 0.6) is 5.75 Å². The van der Waals surface area contributed by atoms with Crippen LogP contribution in [0.4, 0.5) is 0 Å². The second kappa shape index (κ2) is 5.78. The van der Waals surface area contributed by atoms with Crippen LogP contribution in [0.2, 0.25) is 0 Å². The highest BCUT2D eigenvalue weighted by Crippen LogP contribution is 2.19. The number of hydrogen-bond acceptors (Lipinski definition) is 4. The van der Waals surface area contributed by atoms with Crippen LogP contribution in [0, 0.1) is 6.92 Å². The highest BCUT2D eigenvalue weighted by Gasteiger charge is 2.14. The predicted octanol–water partition coefficient (Wildman–Crippen LogP) is 2.44. The van der Waals surface area contributed by atoms with Crippen LogP contribution in [0.3, 0.4) is 0 Å². The minimum atomic E-state index is 0.00129. The van der Waals surface area contributed by atoms with Crippen LogP contribution >= 0.6 is 0 Å². The van der Waals surface area contributed by atoms with Crippen LogP contribution in [-0.2, 0) is 6.54 Å². The number of hydrogen-bond donors (Lipinski definition) is 1. The minimum Gasteiger partial charge on any atom is -0.487 e. The van der Waals surface area contributed by atoms with Gasteiger partial charge in [0.15, 0.2) is 5.82 Å². The van der Waals surface area contributed by atoms with Crippen molar-refractivity contribution in [1.82, 2.24) is 24.5 Å². The van der Waals surface area contributed by atoms with E-state index in [0.29, 0.717) is 6.54 Å². The van der Waals surface area contributed by atoms with Gasteiger partial charge in [-0.05, 0) is 26.0 Å². The number of pyridine rings is 1. The Bertz CT molecular complexity index is 704. The Kier molecular flexibility index (Phi) is 3.68. The lowest BCUT2D eigenvalue weighted by molar-refractivity contribution is 0.199. The largest absolute Gasteiger partial charge is 0.487 e. The zero-order chi connectivity index (χ0) is 14.7. The summed E-state index contributed by atoms with van der Waals surface area (Å²) >= 11 is 0. The summed E-state index contributed by atoms with van der Waals surface area (Å²) in [4.78, 5) is 15.8. The smallest absolute Gasteiger partial charge is 0.160 e. The molecule has 1 atom stereocenters. The van der Waals surface area contributed by atoms with Crippen LogP contribution in [0.15, 0.2) is 43.2 Å². The molecule has 0 saturated heterocycles. The SMILES string of the molecule is Cc1[nH]cnc1-c1nccn1C[C@@H](C)Oc1cccnc1. The Morgan fingerprint density at radius 1 is 1.33 bits per heavy atom. The number of aromatic nitrogens is 5. The minimum absolute atomic E-state index is 0.00129. The summed E-state index contributed by atoms with van der Waals surface area (Å²) in [5, 5.41) is 0. The van der Waals surface area contributed by atoms with E-state index in [-0.39, 0.29) is 6.10 Å². The fourth-order valence-electron chi connectivity index (χ4n) is 2.22. The summed E-state index contributed by atoms with van der Waals surface area (Å²) in [5.41, 5.74) is 1.87. The Morgan fingerprint density at radius 2 is 2.24 bits per heavy atom. The standard InChI is InChI=1S/C15H17N5O/c1-11(21-13-4-3-5-16-8-13)9-20-7-6-17-15(20)14-12(2)18-10-19-14/h3-8,10-11H,9H2,1-2H3,(H,18,19)/t11-/m1/s1. The van der Waals surface area contributed by atoms with E-state index < -0.39 is 0 Å². The van der Waals surface area contributed by atoms with Gasteiger partial charge in [0.2, 0.25) is 0 Å². The fourth-order valence-corrected chi connectivity index (χ4v) is 2.22. The maximum atomic E-state index is 5.85. The third kappa shape index (κ3) is 2.94. The molecule has 3 heterocycles. The van der Waals surface area contributed by atoms with Crippen LogP contribution in [0.25, 0.3) is 11.5 Å². The molecule has 0 radical (unpaired) electrons. The zero-order valence-electron chi connectivity index (χ0n) is 12.0. The molecule has 108 valence electrons. The average molecular weight is 283 g/mol. The van der Waals surface area contributed by atoms with Crippen molar-refractivity contribution in [1.29, 1.82) is 0 Å². The molecular weight excluding hydrogens is 266 g/mol. The Balaban J connectivity index is 1.74. The maximum Gasteiger partial charge on any atom is 0.160 e. The molecule has 0 aliphatic rings. The van der Waals surface area contributed by atoms with Crippen molar-refractivity contribution in [2.45, 2.75) is 26.5 Å². The summed E-state index contributed by atoms with van der Waals surface area (Å²) in [5.74, 6) is 1.61. The monoisotopic (exact) mass is 283 g/mol. The first-order valence-electron chi connectivity index (χ1n) is 6.82. The van der Waals surface area contributed by atoms with Gasteiger partial charge in [-0.3, -0.25) is 4.98 Å². The van der Waals surface area contributed by atoms with Crippen molar-refractivity contribution >= 4 is 0 Å². The molecule has 0 spiro atoms. The molecule has 0 unspecified atom stereocenters. The van der Waals surface area contributed by atoms with Crippen molar-refractivity contribution in [2.24, 2.45) is 0 Å². The summed E-state index contributed by atoms with van der Waals surface area (Å²) < 4.78 is 7.90. The quantitative estimate of drug-likeness (QED) is 0.781. The highest BCUT2D eigenvalue weighted by molar-refractivity contribution is 5.52. The third-order valence-corrected chi connectivity index (χ3v) is 3.18. The van der Waals surface area contributed by atoms with Crippen molar-refractivity contribution in [3.63, 3.8) is 0 Å². The van der Waals surface area contributed by atoms with Gasteiger partial charge >= 0.3 is 0 Å². The first-order valence-corrected chi connectivity index (χ1v) is 6.82. The van der Waals surface area contributed by atoms with Crippen LogP contribution < -0.4 is 4.74 Å². The molecule has 0 amide bonds. The van der Waals surface area contributed by atoms with Gasteiger partial charge in [-0.2, -0.15) is 0 Å². The molecule has 0 bridgehead atoms. The fraction of sp³-hybridized carbons (Fsp3) is 0.267. The van der Waals surface area contributed by atoms with Crippen molar-refractivity contribution in [2.75, 3.05) is 0 Å². The van der Waals surface area contributed by atoms with Crippen molar-refractivity contribution in [3.8, 4) is 17.3 Å². The van der Waals surface area contributed by atoms with E-state index in [0.717, 1.165) is 23.0 Å². The Labute approximate surface area is 122 Å². The lowest BCUT2D eigenvalue weighted by atomic mass is 10.3. The molecule has 21 heavy (non-hydrogen) atoms. The lowest BCUT2D eigenvalue weighted by Crippen LogP contribution is -2.20. The summed E-state index contributed by atoms with van der Waals surface area (Å²) in [7, 11) is 0. The van der Waals surface area contributed by atoms with E-state index in [1.165, 1.54) is 0 Å². The van der Waals surface area contributed by atoms with Crippen molar-refractivity contribution in [3.05, 3.63) is 48.9 Å². The molecule has 0 aliphatic heterocycles. The third-order valence-electron chi connectivity index (χ3n) is 3.18. The average Bonchev–Trinajstić information content (AvgIpc) is 3.08. The van der Waals surface area contributed by atoms with Gasteiger partial charge in [0.1, 0.15) is 17.5 Å². The van der Waals surface area contributed by atoms with Gasteiger partial charge in [-0.15, -0.1) is 0 Å². The van der Waals surface area contributed by atoms with Gasteiger partial charge < -0.3 is 14.3 Å². The number of ether oxygens (including phenoxy) is 1. The number of nitrogens with zero attached hydrogens (tertiary/aromatic N) is 4. The number of aromatic amines is 1. The van der Waals surface area contributed by atoms with Gasteiger partial charge in [0.05, 0.1) is 19.1 Å². The molecule has 6 heteroatoms. The summed E-state index contributed by atoms with van der Waals surface area (Å²) in [6, 6.07) is 3.76. The maximum absolute atomic E-state index is 5.85. The summed E-state index contributed by atoms with van der Waals surface area (Å²) in [6.45, 7) is 4.70. The topological polar surface area (TPSA) is 68.6 Å². The molecule has 6 nitrogen and oxygen atoms in total. The van der Waals surface area contributed by atoms with E-state index in [4.69, 9.17) is 4.74 Å². The Morgan fingerprint density at radius 3 is 2.95 bits per heavy atom. The van der Waals surface area contributed by atoms with E-state index in [2.05, 4.69) is 19.9 Å². The predicted molar refractivity (Wildman–Crippen MR) is 78.9 cm³/mol. The van der Waals surface area contributed by atoms with Gasteiger partial charge in [-0.25, -0.2) is 9.97 Å². The second-order valence-electron chi connectivity index (χ2n) is 4.90. The molecule has 0 saturated carbocycles. The second-order valence-corrected chi connectivity index (χ2v) is 4.90. The summed E-state index contributed by atoms with van der Waals surface area (Å²) in [6.07, 6.45) is 8.84. The molecule has 3 aromatic rings. The molecule has 3 aromatic heterocycles. The zero-order valence-corrected chi connectivity index (χ0v) is 12.0. The van der Waals surface area contributed by atoms with Crippen LogP contribution in [-0.4, -0.2) is 30.6 Å². The van der Waals surface area contributed by atoms with Gasteiger partial charge in [-0.1, -0.05) is 0 Å². The van der Waals surface area contributed by atoms with E-state index in [1.807, 2.05) is 36.7 Å². The van der Waals surface area contributed by atoms with Crippen LogP contribution in [0.1, 0.15) is 12.6 Å². The molecular formula is C15H17N5O. The number of H-pyrrole nitrogens is 1. The first-order chi connectivity index (χ1) is 10.2. The van der Waals surface area contributed by atoms with Gasteiger partial charge in [0.25, 0.3) is 0 Å². The number of imidazole rings is 2. The number of nitrogens with one attached hydrogen (secondary N) is 1. The molecule has 0 aromatic carbocycles. The first kappa shape index (κ1) is 13.4. The molecule has 1 N–H and O–H groups in total. The Hall–Kier alpha value is -2.63. The number of rotatable bonds is 5. The van der Waals surface area contributed by atoms with Gasteiger partial charge in [0, 0.05) is 24.3 Å². The normalized spacial score (nSPS) is 12.3. The van der Waals surface area contributed by atoms with E-state index in [1.54, 1.807) is 24.9 Å². The van der Waals surface area contributed by atoms with E-state index >= 15 is 0 Å². The highest BCUT2D eigenvalue weighted by atomic mass is 16.5.